The lowest BCUT2D eigenvalue weighted by molar-refractivity contribution is 0.299. The summed E-state index contributed by atoms with van der Waals surface area (Å²) >= 11 is 6.28. The van der Waals surface area contributed by atoms with E-state index in [1.54, 1.807) is 6.20 Å². The molecule has 2 rings (SSSR count). The van der Waals surface area contributed by atoms with Crippen LogP contribution in [0, 0.1) is 6.92 Å². The lowest BCUT2D eigenvalue weighted by Gasteiger charge is -2.14. The summed E-state index contributed by atoms with van der Waals surface area (Å²) in [5.74, 6) is 1.23. The van der Waals surface area contributed by atoms with E-state index in [0.29, 0.717) is 12.5 Å². The van der Waals surface area contributed by atoms with Gasteiger partial charge in [-0.1, -0.05) is 25.4 Å². The number of ether oxygens (including phenoxy) is 1. The van der Waals surface area contributed by atoms with Crippen molar-refractivity contribution in [2.75, 3.05) is 12.4 Å². The quantitative estimate of drug-likeness (QED) is 0.862. The summed E-state index contributed by atoms with van der Waals surface area (Å²) in [5, 5.41) is 3.89. The molecule has 0 bridgehead atoms. The first-order valence-corrected chi connectivity index (χ1v) is 7.44. The van der Waals surface area contributed by atoms with Crippen LogP contribution in [0.15, 0.2) is 30.5 Å². The van der Waals surface area contributed by atoms with Gasteiger partial charge in [-0.25, -0.2) is 0 Å². The summed E-state index contributed by atoms with van der Waals surface area (Å²) in [6.45, 7) is 6.69. The van der Waals surface area contributed by atoms with Crippen LogP contribution in [0.5, 0.6) is 5.75 Å². The standard InChI is InChI=1S/C17H21ClN2O/c1-11(2)15-9-17(12(3)7-16(15)18)21-10-14-8-13(19-4)5-6-20-14/h5-9,11H,10H2,1-4H3,(H,19,20). The van der Waals surface area contributed by atoms with Gasteiger partial charge in [0.05, 0.1) is 5.69 Å². The Kier molecular flexibility index (Phi) is 5.07. The summed E-state index contributed by atoms with van der Waals surface area (Å²) in [6, 6.07) is 7.90. The lowest BCUT2D eigenvalue weighted by Crippen LogP contribution is -2.02. The third-order valence-corrected chi connectivity index (χ3v) is 3.72. The van der Waals surface area contributed by atoms with Crippen molar-refractivity contribution in [1.29, 1.82) is 0 Å². The Balaban J connectivity index is 2.17. The molecule has 0 aliphatic heterocycles. The van der Waals surface area contributed by atoms with Crippen LogP contribution >= 0.6 is 11.6 Å². The van der Waals surface area contributed by atoms with Crippen LogP contribution in [0.1, 0.15) is 36.6 Å². The predicted octanol–water partition coefficient (Wildman–Crippen LogP) is 4.79. The molecule has 21 heavy (non-hydrogen) atoms. The van der Waals surface area contributed by atoms with Gasteiger partial charge in [-0.2, -0.15) is 0 Å². The largest absolute Gasteiger partial charge is 0.487 e. The molecule has 0 radical (unpaired) electrons. The van der Waals surface area contributed by atoms with Gasteiger partial charge in [-0.15, -0.1) is 0 Å². The van der Waals surface area contributed by atoms with E-state index in [-0.39, 0.29) is 0 Å². The Labute approximate surface area is 131 Å². The van der Waals surface area contributed by atoms with Gasteiger partial charge in [0.2, 0.25) is 0 Å². The van der Waals surface area contributed by atoms with E-state index in [9.17, 15) is 0 Å². The van der Waals surface area contributed by atoms with Crippen LogP contribution in [0.2, 0.25) is 5.02 Å². The SMILES string of the molecule is CNc1ccnc(COc2cc(C(C)C)c(Cl)cc2C)c1. The van der Waals surface area contributed by atoms with Crippen molar-refractivity contribution in [2.45, 2.75) is 33.3 Å². The van der Waals surface area contributed by atoms with E-state index in [1.165, 1.54) is 0 Å². The Morgan fingerprint density at radius 2 is 2.05 bits per heavy atom. The molecule has 1 aromatic heterocycles. The minimum atomic E-state index is 0.367. The summed E-state index contributed by atoms with van der Waals surface area (Å²) in [6.07, 6.45) is 1.78. The van der Waals surface area contributed by atoms with Crippen molar-refractivity contribution in [3.05, 3.63) is 52.3 Å². The number of nitrogens with one attached hydrogen (secondary N) is 1. The first-order valence-electron chi connectivity index (χ1n) is 7.06. The maximum absolute atomic E-state index is 6.28. The molecule has 1 heterocycles. The van der Waals surface area contributed by atoms with Crippen LogP contribution < -0.4 is 10.1 Å². The molecule has 0 amide bonds. The van der Waals surface area contributed by atoms with Crippen molar-refractivity contribution in [1.82, 2.24) is 4.98 Å². The minimum Gasteiger partial charge on any atom is -0.487 e. The maximum atomic E-state index is 6.28. The highest BCUT2D eigenvalue weighted by Crippen LogP contribution is 2.31. The molecule has 0 atom stereocenters. The average molecular weight is 305 g/mol. The summed E-state index contributed by atoms with van der Waals surface area (Å²) in [4.78, 5) is 4.32. The highest BCUT2D eigenvalue weighted by molar-refractivity contribution is 6.31. The maximum Gasteiger partial charge on any atom is 0.130 e. The molecule has 112 valence electrons. The Morgan fingerprint density at radius 3 is 2.71 bits per heavy atom. The molecule has 1 aromatic carbocycles. The normalized spacial score (nSPS) is 10.8. The molecule has 0 fully saturated rings. The molecule has 0 aliphatic carbocycles. The van der Waals surface area contributed by atoms with E-state index in [4.69, 9.17) is 16.3 Å². The molecule has 0 unspecified atom stereocenters. The summed E-state index contributed by atoms with van der Waals surface area (Å²) in [5.41, 5.74) is 4.06. The number of benzene rings is 1. The number of hydrogen-bond acceptors (Lipinski definition) is 3. The van der Waals surface area contributed by atoms with Crippen LogP contribution in [-0.4, -0.2) is 12.0 Å². The van der Waals surface area contributed by atoms with Gasteiger partial charge in [0.15, 0.2) is 0 Å². The zero-order valence-corrected chi connectivity index (χ0v) is 13.7. The number of anilines is 1. The van der Waals surface area contributed by atoms with Gasteiger partial charge in [0.25, 0.3) is 0 Å². The number of hydrogen-bond donors (Lipinski definition) is 1. The molecule has 0 aliphatic rings. The topological polar surface area (TPSA) is 34.2 Å². The molecular weight excluding hydrogens is 284 g/mol. The second-order valence-corrected chi connectivity index (χ2v) is 5.78. The van der Waals surface area contributed by atoms with Crippen molar-refractivity contribution < 1.29 is 4.74 Å². The number of nitrogens with zero attached hydrogens (tertiary/aromatic N) is 1. The first kappa shape index (κ1) is 15.6. The number of halogens is 1. The lowest BCUT2D eigenvalue weighted by atomic mass is 10.0. The fourth-order valence-electron chi connectivity index (χ4n) is 2.13. The van der Waals surface area contributed by atoms with Crippen molar-refractivity contribution in [3.63, 3.8) is 0 Å². The summed E-state index contributed by atoms with van der Waals surface area (Å²) in [7, 11) is 1.89. The molecule has 1 N–H and O–H groups in total. The van der Waals surface area contributed by atoms with Gasteiger partial charge in [-0.05, 0) is 48.2 Å². The zero-order valence-electron chi connectivity index (χ0n) is 12.9. The molecule has 4 heteroatoms. The number of pyridine rings is 1. The van der Waals surface area contributed by atoms with Crippen LogP contribution in [-0.2, 0) is 6.61 Å². The van der Waals surface area contributed by atoms with E-state index in [1.807, 2.05) is 38.2 Å². The second-order valence-electron chi connectivity index (χ2n) is 5.37. The number of rotatable bonds is 5. The predicted molar refractivity (Wildman–Crippen MR) is 88.4 cm³/mol. The number of aryl methyl sites for hydroxylation is 1. The van der Waals surface area contributed by atoms with Gasteiger partial charge >= 0.3 is 0 Å². The van der Waals surface area contributed by atoms with Crippen molar-refractivity contribution >= 4 is 17.3 Å². The third kappa shape index (κ3) is 3.88. The average Bonchev–Trinajstić information content (AvgIpc) is 2.46. The highest BCUT2D eigenvalue weighted by atomic mass is 35.5. The fourth-order valence-corrected chi connectivity index (χ4v) is 2.57. The monoisotopic (exact) mass is 304 g/mol. The number of aromatic nitrogens is 1. The van der Waals surface area contributed by atoms with Crippen molar-refractivity contribution in [3.8, 4) is 5.75 Å². The van der Waals surface area contributed by atoms with Crippen LogP contribution in [0.25, 0.3) is 0 Å². The molecule has 3 nitrogen and oxygen atoms in total. The second kappa shape index (κ2) is 6.81. The Bertz CT molecular complexity index is 626. The summed E-state index contributed by atoms with van der Waals surface area (Å²) < 4.78 is 5.92. The minimum absolute atomic E-state index is 0.367. The molecular formula is C17H21ClN2O. The third-order valence-electron chi connectivity index (χ3n) is 3.40. The van der Waals surface area contributed by atoms with E-state index >= 15 is 0 Å². The van der Waals surface area contributed by atoms with Crippen molar-refractivity contribution in [2.24, 2.45) is 0 Å². The molecule has 0 saturated carbocycles. The Morgan fingerprint density at radius 1 is 1.29 bits per heavy atom. The van der Waals surface area contributed by atoms with Gasteiger partial charge < -0.3 is 10.1 Å². The van der Waals surface area contributed by atoms with Gasteiger partial charge in [-0.3, -0.25) is 4.98 Å². The van der Waals surface area contributed by atoms with Crippen LogP contribution in [0.4, 0.5) is 5.69 Å². The Hall–Kier alpha value is -1.74. The molecule has 2 aromatic rings. The highest BCUT2D eigenvalue weighted by Gasteiger charge is 2.10. The first-order chi connectivity index (χ1) is 10.0. The fraction of sp³-hybridized carbons (Fsp3) is 0.353. The van der Waals surface area contributed by atoms with E-state index in [0.717, 1.165) is 33.3 Å². The smallest absolute Gasteiger partial charge is 0.130 e. The van der Waals surface area contributed by atoms with Crippen LogP contribution in [0.3, 0.4) is 0 Å². The van der Waals surface area contributed by atoms with E-state index < -0.39 is 0 Å². The molecule has 0 spiro atoms. The zero-order chi connectivity index (χ0) is 15.4. The van der Waals surface area contributed by atoms with Gasteiger partial charge in [0.1, 0.15) is 12.4 Å². The molecule has 0 saturated heterocycles. The van der Waals surface area contributed by atoms with Gasteiger partial charge in [0, 0.05) is 24.0 Å². The van der Waals surface area contributed by atoms with E-state index in [2.05, 4.69) is 24.1 Å².